The fourth-order valence-electron chi connectivity index (χ4n) is 2.48. The molecule has 1 aliphatic rings. The van der Waals surface area contributed by atoms with Crippen molar-refractivity contribution in [1.82, 2.24) is 15.3 Å². The third-order valence-corrected chi connectivity index (χ3v) is 3.52. The van der Waals surface area contributed by atoms with Crippen LogP contribution in [0.2, 0.25) is 0 Å². The first kappa shape index (κ1) is 16.5. The van der Waals surface area contributed by atoms with E-state index in [1.165, 1.54) is 13.3 Å². The van der Waals surface area contributed by atoms with Crippen LogP contribution in [0.25, 0.3) is 0 Å². The largest absolute Gasteiger partial charge is 0.433 e. The van der Waals surface area contributed by atoms with Gasteiger partial charge < -0.3 is 10.6 Å². The maximum absolute atomic E-state index is 12.7. The summed E-state index contributed by atoms with van der Waals surface area (Å²) in [5, 5.41) is 5.42. The zero-order valence-corrected chi connectivity index (χ0v) is 12.3. The topological polar surface area (TPSA) is 66.9 Å². The Labute approximate surface area is 126 Å². The van der Waals surface area contributed by atoms with Crippen molar-refractivity contribution < 1.29 is 18.0 Å². The van der Waals surface area contributed by atoms with Crippen molar-refractivity contribution in [2.75, 3.05) is 11.9 Å². The molecule has 1 saturated carbocycles. The molecule has 0 saturated heterocycles. The predicted molar refractivity (Wildman–Crippen MR) is 75.3 cm³/mol. The molecular formula is C14H19F3N4O. The molecule has 2 rings (SSSR count). The Bertz CT molecular complexity index is 527. The SMILES string of the molecule is Cc1cc(C(F)(F)F)nc(NCC(=O)NC2CCCCC2)n1. The number of carbonyl (C=O) groups is 1. The molecular weight excluding hydrogens is 297 g/mol. The molecule has 1 aliphatic carbocycles. The van der Waals surface area contributed by atoms with E-state index in [9.17, 15) is 18.0 Å². The van der Waals surface area contributed by atoms with Crippen molar-refractivity contribution in [2.45, 2.75) is 51.2 Å². The van der Waals surface area contributed by atoms with Crippen LogP contribution in [0.4, 0.5) is 19.1 Å². The van der Waals surface area contributed by atoms with Crippen LogP contribution in [-0.4, -0.2) is 28.5 Å². The van der Waals surface area contributed by atoms with Gasteiger partial charge in [-0.3, -0.25) is 4.79 Å². The van der Waals surface area contributed by atoms with Gasteiger partial charge in [-0.2, -0.15) is 13.2 Å². The van der Waals surface area contributed by atoms with Crippen LogP contribution in [0.1, 0.15) is 43.5 Å². The lowest BCUT2D eigenvalue weighted by atomic mass is 9.95. The van der Waals surface area contributed by atoms with E-state index in [1.807, 2.05) is 0 Å². The van der Waals surface area contributed by atoms with E-state index in [0.29, 0.717) is 0 Å². The van der Waals surface area contributed by atoms with Crippen LogP contribution in [-0.2, 0) is 11.0 Å². The normalized spacial score (nSPS) is 16.4. The van der Waals surface area contributed by atoms with Crippen molar-refractivity contribution in [3.63, 3.8) is 0 Å². The quantitative estimate of drug-likeness (QED) is 0.896. The maximum Gasteiger partial charge on any atom is 0.433 e. The average Bonchev–Trinajstić information content (AvgIpc) is 2.45. The molecule has 1 amide bonds. The van der Waals surface area contributed by atoms with Gasteiger partial charge in [-0.25, -0.2) is 9.97 Å². The van der Waals surface area contributed by atoms with Crippen molar-refractivity contribution in [3.8, 4) is 0 Å². The van der Waals surface area contributed by atoms with Gasteiger partial charge in [0.1, 0.15) is 5.69 Å². The van der Waals surface area contributed by atoms with E-state index < -0.39 is 11.9 Å². The Morgan fingerprint density at radius 2 is 1.95 bits per heavy atom. The van der Waals surface area contributed by atoms with Gasteiger partial charge >= 0.3 is 6.18 Å². The number of aryl methyl sites for hydroxylation is 1. The molecule has 0 spiro atoms. The highest BCUT2D eigenvalue weighted by Crippen LogP contribution is 2.28. The van der Waals surface area contributed by atoms with Gasteiger partial charge in [-0.15, -0.1) is 0 Å². The van der Waals surface area contributed by atoms with E-state index in [2.05, 4.69) is 20.6 Å². The van der Waals surface area contributed by atoms with Gasteiger partial charge in [-0.1, -0.05) is 19.3 Å². The summed E-state index contributed by atoms with van der Waals surface area (Å²) in [5.74, 6) is -0.448. The van der Waals surface area contributed by atoms with Crippen molar-refractivity contribution >= 4 is 11.9 Å². The number of anilines is 1. The second-order valence-corrected chi connectivity index (χ2v) is 5.47. The minimum Gasteiger partial charge on any atom is -0.352 e. The Kier molecular flexibility index (Phi) is 5.20. The van der Waals surface area contributed by atoms with E-state index in [4.69, 9.17) is 0 Å². The van der Waals surface area contributed by atoms with Crippen LogP contribution in [0.3, 0.4) is 0 Å². The zero-order chi connectivity index (χ0) is 16.2. The summed E-state index contributed by atoms with van der Waals surface area (Å²) < 4.78 is 38.0. The summed E-state index contributed by atoms with van der Waals surface area (Å²) in [6.45, 7) is 1.31. The number of halogens is 3. The summed E-state index contributed by atoms with van der Waals surface area (Å²) in [7, 11) is 0. The molecule has 1 heterocycles. The third kappa shape index (κ3) is 4.85. The lowest BCUT2D eigenvalue weighted by molar-refractivity contribution is -0.141. The zero-order valence-electron chi connectivity index (χ0n) is 12.3. The Balaban J connectivity index is 1.90. The number of nitrogens with zero attached hydrogens (tertiary/aromatic N) is 2. The number of hydrogen-bond donors (Lipinski definition) is 2. The van der Waals surface area contributed by atoms with Gasteiger partial charge in [0.2, 0.25) is 11.9 Å². The fourth-order valence-corrected chi connectivity index (χ4v) is 2.48. The van der Waals surface area contributed by atoms with Crippen LogP contribution in [0.15, 0.2) is 6.07 Å². The molecule has 1 aromatic rings. The van der Waals surface area contributed by atoms with Crippen molar-refractivity contribution in [3.05, 3.63) is 17.5 Å². The number of amides is 1. The van der Waals surface area contributed by atoms with E-state index >= 15 is 0 Å². The molecule has 0 radical (unpaired) electrons. The monoisotopic (exact) mass is 316 g/mol. The fraction of sp³-hybridized carbons (Fsp3) is 0.643. The lowest BCUT2D eigenvalue weighted by Crippen LogP contribution is -2.39. The van der Waals surface area contributed by atoms with Gasteiger partial charge in [0, 0.05) is 11.7 Å². The van der Waals surface area contributed by atoms with E-state index in [0.717, 1.165) is 31.7 Å². The highest BCUT2D eigenvalue weighted by Gasteiger charge is 2.33. The minimum atomic E-state index is -4.53. The summed E-state index contributed by atoms with van der Waals surface area (Å²) in [5.41, 5.74) is -0.826. The van der Waals surface area contributed by atoms with Gasteiger partial charge in [0.25, 0.3) is 0 Å². The molecule has 0 bridgehead atoms. The van der Waals surface area contributed by atoms with Crippen LogP contribution < -0.4 is 10.6 Å². The summed E-state index contributed by atoms with van der Waals surface area (Å²) >= 11 is 0. The predicted octanol–water partition coefficient (Wildman–Crippen LogP) is 2.66. The van der Waals surface area contributed by atoms with Crippen LogP contribution >= 0.6 is 0 Å². The number of nitrogens with one attached hydrogen (secondary N) is 2. The Morgan fingerprint density at radius 1 is 1.27 bits per heavy atom. The molecule has 0 atom stereocenters. The molecule has 22 heavy (non-hydrogen) atoms. The molecule has 2 N–H and O–H groups in total. The second-order valence-electron chi connectivity index (χ2n) is 5.47. The smallest absolute Gasteiger partial charge is 0.352 e. The van der Waals surface area contributed by atoms with E-state index in [-0.39, 0.29) is 30.1 Å². The Morgan fingerprint density at radius 3 is 2.59 bits per heavy atom. The molecule has 1 fully saturated rings. The first-order chi connectivity index (χ1) is 10.3. The first-order valence-corrected chi connectivity index (χ1v) is 7.31. The molecule has 0 aromatic carbocycles. The number of rotatable bonds is 4. The molecule has 0 aliphatic heterocycles. The van der Waals surface area contributed by atoms with Crippen LogP contribution in [0, 0.1) is 6.92 Å². The lowest BCUT2D eigenvalue weighted by Gasteiger charge is -2.22. The summed E-state index contributed by atoms with van der Waals surface area (Å²) in [6, 6.07) is 1.03. The summed E-state index contributed by atoms with van der Waals surface area (Å²) in [4.78, 5) is 19.1. The third-order valence-electron chi connectivity index (χ3n) is 3.52. The van der Waals surface area contributed by atoms with Gasteiger partial charge in [0.05, 0.1) is 6.54 Å². The standard InChI is InChI=1S/C14H19F3N4O/c1-9-7-11(14(15,16)17)21-13(19-9)18-8-12(22)20-10-5-3-2-4-6-10/h7,10H,2-6,8H2,1H3,(H,20,22)(H,18,19,21). The average molecular weight is 316 g/mol. The van der Waals surface area contributed by atoms with Gasteiger partial charge in [0.15, 0.2) is 0 Å². The van der Waals surface area contributed by atoms with Gasteiger partial charge in [-0.05, 0) is 25.8 Å². The highest BCUT2D eigenvalue weighted by molar-refractivity contribution is 5.80. The van der Waals surface area contributed by atoms with Crippen molar-refractivity contribution in [1.29, 1.82) is 0 Å². The van der Waals surface area contributed by atoms with Crippen LogP contribution in [0.5, 0.6) is 0 Å². The minimum absolute atomic E-state index is 0.142. The molecule has 5 nitrogen and oxygen atoms in total. The number of hydrogen-bond acceptors (Lipinski definition) is 4. The first-order valence-electron chi connectivity index (χ1n) is 7.31. The molecule has 1 aromatic heterocycles. The molecule has 122 valence electrons. The number of carbonyl (C=O) groups excluding carboxylic acids is 1. The summed E-state index contributed by atoms with van der Waals surface area (Å²) in [6.07, 6.45) is 0.731. The molecule has 8 heteroatoms. The Hall–Kier alpha value is -1.86. The second kappa shape index (κ2) is 6.93. The number of alkyl halides is 3. The molecule has 0 unspecified atom stereocenters. The van der Waals surface area contributed by atoms with Crippen molar-refractivity contribution in [2.24, 2.45) is 0 Å². The highest BCUT2D eigenvalue weighted by atomic mass is 19.4. The maximum atomic E-state index is 12.7. The van der Waals surface area contributed by atoms with E-state index in [1.54, 1.807) is 0 Å². The number of aromatic nitrogens is 2.